The molecule has 0 saturated carbocycles. The van der Waals surface area contributed by atoms with Crippen LogP contribution in [0.1, 0.15) is 5.56 Å². The van der Waals surface area contributed by atoms with Gasteiger partial charge in [0, 0.05) is 18.1 Å². The molecule has 1 fully saturated rings. The molecule has 0 spiro atoms. The third-order valence-electron chi connectivity index (χ3n) is 4.20. The molecule has 2 aliphatic rings. The molecule has 2 aliphatic heterocycles. The fraction of sp³-hybridized carbons (Fsp3) is 0.200. The van der Waals surface area contributed by atoms with E-state index in [9.17, 15) is 4.79 Å². The molecular weight excluding hydrogens is 419 g/mol. The smallest absolute Gasteiger partial charge is 0.286 e. The second-order valence-electron chi connectivity index (χ2n) is 6.15. The number of carbonyl (C=O) groups is 1. The average Bonchev–Trinajstić information content (AvgIpc) is 3.07. The van der Waals surface area contributed by atoms with Gasteiger partial charge in [-0.3, -0.25) is 4.79 Å². The maximum absolute atomic E-state index is 12.3. The number of rotatable bonds is 3. The Kier molecular flexibility index (Phi) is 5.92. The van der Waals surface area contributed by atoms with E-state index in [1.165, 1.54) is 11.8 Å². The van der Waals surface area contributed by atoms with Crippen molar-refractivity contribution < 1.29 is 14.3 Å². The number of halogens is 2. The van der Waals surface area contributed by atoms with Gasteiger partial charge in [-0.15, -0.1) is 0 Å². The zero-order valence-electron chi connectivity index (χ0n) is 14.7. The number of morpholine rings is 1. The van der Waals surface area contributed by atoms with Gasteiger partial charge in [0.1, 0.15) is 11.5 Å². The lowest BCUT2D eigenvalue weighted by molar-refractivity contribution is -0.113. The van der Waals surface area contributed by atoms with Crippen LogP contribution in [0.25, 0.3) is 6.08 Å². The lowest BCUT2D eigenvalue weighted by atomic mass is 10.2. The van der Waals surface area contributed by atoms with E-state index in [-0.39, 0.29) is 5.91 Å². The number of hydrogen-bond acceptors (Lipinski definition) is 5. The van der Waals surface area contributed by atoms with Gasteiger partial charge in [-0.25, -0.2) is 0 Å². The quantitative estimate of drug-likeness (QED) is 0.629. The molecular formula is C20H16Cl2N2O3S. The predicted molar refractivity (Wildman–Crippen MR) is 113 cm³/mol. The molecule has 0 aromatic heterocycles. The summed E-state index contributed by atoms with van der Waals surface area (Å²) < 4.78 is 11.1. The van der Waals surface area contributed by atoms with E-state index in [0.29, 0.717) is 39.7 Å². The molecule has 1 amide bonds. The number of amides is 1. The van der Waals surface area contributed by atoms with Gasteiger partial charge in [0.15, 0.2) is 5.17 Å². The van der Waals surface area contributed by atoms with Crippen LogP contribution in [0.4, 0.5) is 0 Å². The second kappa shape index (κ2) is 8.57. The standard InChI is InChI=1S/C20H16Cl2N2O3S/c21-14-2-5-15(6-3-14)27-16-4-1-13(17(22)12-16)11-18-19(25)23-20(28-18)24-7-9-26-10-8-24/h1-6,11-12H,7-10H2/b18-11+. The van der Waals surface area contributed by atoms with Crippen LogP contribution in [0.2, 0.25) is 10.0 Å². The molecule has 0 bridgehead atoms. The monoisotopic (exact) mass is 434 g/mol. The molecule has 0 N–H and O–H groups in total. The molecule has 0 radical (unpaired) electrons. The third-order valence-corrected chi connectivity index (χ3v) is 5.82. The maximum atomic E-state index is 12.3. The first kappa shape index (κ1) is 19.3. The fourth-order valence-corrected chi connectivity index (χ4v) is 4.06. The number of carbonyl (C=O) groups excluding carboxylic acids is 1. The molecule has 2 heterocycles. The van der Waals surface area contributed by atoms with Crippen molar-refractivity contribution in [2.75, 3.05) is 26.3 Å². The largest absolute Gasteiger partial charge is 0.457 e. The van der Waals surface area contributed by atoms with Gasteiger partial charge in [-0.05, 0) is 65.9 Å². The van der Waals surface area contributed by atoms with Gasteiger partial charge in [0.05, 0.1) is 23.1 Å². The Balaban J connectivity index is 1.47. The van der Waals surface area contributed by atoms with Crippen molar-refractivity contribution in [3.05, 3.63) is 63.0 Å². The first-order valence-electron chi connectivity index (χ1n) is 8.67. The predicted octanol–water partition coefficient (Wildman–Crippen LogP) is 5.09. The SMILES string of the molecule is O=C1N=C(N2CCOCC2)S/C1=C/c1ccc(Oc2ccc(Cl)cc2)cc1Cl. The Labute approximate surface area is 176 Å². The summed E-state index contributed by atoms with van der Waals surface area (Å²) in [6.07, 6.45) is 1.76. The van der Waals surface area contributed by atoms with Crippen molar-refractivity contribution >= 4 is 52.1 Å². The van der Waals surface area contributed by atoms with E-state index < -0.39 is 0 Å². The van der Waals surface area contributed by atoms with Crippen molar-refractivity contribution in [3.8, 4) is 11.5 Å². The van der Waals surface area contributed by atoms with Crippen LogP contribution in [0, 0.1) is 0 Å². The summed E-state index contributed by atoms with van der Waals surface area (Å²) in [4.78, 5) is 19.0. The molecule has 1 saturated heterocycles. The van der Waals surface area contributed by atoms with Crippen LogP contribution in [-0.2, 0) is 9.53 Å². The number of aliphatic imine (C=N–C) groups is 1. The summed E-state index contributed by atoms with van der Waals surface area (Å²) >= 11 is 13.7. The highest BCUT2D eigenvalue weighted by Gasteiger charge is 2.27. The molecule has 2 aromatic carbocycles. The highest BCUT2D eigenvalue weighted by molar-refractivity contribution is 8.18. The zero-order valence-corrected chi connectivity index (χ0v) is 17.1. The van der Waals surface area contributed by atoms with E-state index in [0.717, 1.165) is 23.8 Å². The molecule has 0 atom stereocenters. The number of nitrogens with zero attached hydrogens (tertiary/aromatic N) is 2. The van der Waals surface area contributed by atoms with Crippen LogP contribution in [0.15, 0.2) is 52.4 Å². The molecule has 0 unspecified atom stereocenters. The summed E-state index contributed by atoms with van der Waals surface area (Å²) in [6.45, 7) is 2.77. The first-order chi connectivity index (χ1) is 13.6. The van der Waals surface area contributed by atoms with Gasteiger partial charge in [-0.1, -0.05) is 23.2 Å². The van der Waals surface area contributed by atoms with E-state index in [1.54, 1.807) is 42.5 Å². The van der Waals surface area contributed by atoms with Gasteiger partial charge in [0.2, 0.25) is 0 Å². The van der Waals surface area contributed by atoms with Gasteiger partial charge in [0.25, 0.3) is 5.91 Å². The van der Waals surface area contributed by atoms with E-state index in [1.807, 2.05) is 6.07 Å². The highest BCUT2D eigenvalue weighted by atomic mass is 35.5. The molecule has 5 nitrogen and oxygen atoms in total. The number of thioether (sulfide) groups is 1. The van der Waals surface area contributed by atoms with E-state index in [4.69, 9.17) is 32.7 Å². The van der Waals surface area contributed by atoms with Crippen molar-refractivity contribution in [1.82, 2.24) is 4.90 Å². The molecule has 8 heteroatoms. The van der Waals surface area contributed by atoms with Crippen LogP contribution < -0.4 is 4.74 Å². The summed E-state index contributed by atoms with van der Waals surface area (Å²) in [5.41, 5.74) is 0.736. The first-order valence-corrected chi connectivity index (χ1v) is 10.2. The average molecular weight is 435 g/mol. The van der Waals surface area contributed by atoms with Gasteiger partial charge < -0.3 is 14.4 Å². The Hall–Kier alpha value is -1.99. The Morgan fingerprint density at radius 1 is 1.07 bits per heavy atom. The molecule has 4 rings (SSSR count). The minimum Gasteiger partial charge on any atom is -0.457 e. The van der Waals surface area contributed by atoms with E-state index in [2.05, 4.69) is 9.89 Å². The molecule has 0 aliphatic carbocycles. The summed E-state index contributed by atoms with van der Waals surface area (Å²) in [7, 11) is 0. The van der Waals surface area contributed by atoms with Crippen LogP contribution in [-0.4, -0.2) is 42.3 Å². The molecule has 2 aromatic rings. The maximum Gasteiger partial charge on any atom is 0.286 e. The fourth-order valence-electron chi connectivity index (χ4n) is 2.76. The van der Waals surface area contributed by atoms with Crippen molar-refractivity contribution in [3.63, 3.8) is 0 Å². The van der Waals surface area contributed by atoms with Gasteiger partial charge in [-0.2, -0.15) is 4.99 Å². The number of benzene rings is 2. The summed E-state index contributed by atoms with van der Waals surface area (Å²) in [5, 5.41) is 1.86. The number of ether oxygens (including phenoxy) is 2. The highest BCUT2D eigenvalue weighted by Crippen LogP contribution is 2.34. The lowest BCUT2D eigenvalue weighted by Crippen LogP contribution is -2.38. The number of hydrogen-bond donors (Lipinski definition) is 0. The molecule has 28 heavy (non-hydrogen) atoms. The molecule has 144 valence electrons. The normalized spacial score (nSPS) is 18.5. The minimum atomic E-state index is -0.246. The van der Waals surface area contributed by atoms with Crippen molar-refractivity contribution in [2.45, 2.75) is 0 Å². The minimum absolute atomic E-state index is 0.246. The topological polar surface area (TPSA) is 51.1 Å². The van der Waals surface area contributed by atoms with Gasteiger partial charge >= 0.3 is 0 Å². The zero-order chi connectivity index (χ0) is 19.5. The van der Waals surface area contributed by atoms with Crippen molar-refractivity contribution in [1.29, 1.82) is 0 Å². The summed E-state index contributed by atoms with van der Waals surface area (Å²) in [6, 6.07) is 12.4. The third kappa shape index (κ3) is 4.52. The van der Waals surface area contributed by atoms with Crippen molar-refractivity contribution in [2.24, 2.45) is 4.99 Å². The van der Waals surface area contributed by atoms with Crippen LogP contribution in [0.3, 0.4) is 0 Å². The second-order valence-corrected chi connectivity index (χ2v) is 8.00. The van der Waals surface area contributed by atoms with Crippen LogP contribution >= 0.6 is 35.0 Å². The van der Waals surface area contributed by atoms with E-state index >= 15 is 0 Å². The Morgan fingerprint density at radius 2 is 1.79 bits per heavy atom. The Morgan fingerprint density at radius 3 is 2.50 bits per heavy atom. The van der Waals surface area contributed by atoms with Crippen LogP contribution in [0.5, 0.6) is 11.5 Å². The lowest BCUT2D eigenvalue weighted by Gasteiger charge is -2.27. The Bertz CT molecular complexity index is 954. The number of amidine groups is 1. The summed E-state index contributed by atoms with van der Waals surface area (Å²) in [5.74, 6) is 1.02.